The first-order valence-corrected chi connectivity index (χ1v) is 11.9. The highest BCUT2D eigenvalue weighted by Gasteiger charge is 2.25. The van der Waals surface area contributed by atoms with Crippen LogP contribution < -0.4 is 14.8 Å². The van der Waals surface area contributed by atoms with Crippen LogP contribution in [0.3, 0.4) is 0 Å². The number of hydrogen-bond acceptors (Lipinski definition) is 6. The van der Waals surface area contributed by atoms with Gasteiger partial charge in [-0.2, -0.15) is 0 Å². The molecular formula is C28H20FNO5S. The van der Waals surface area contributed by atoms with E-state index in [0.29, 0.717) is 22.3 Å². The Labute approximate surface area is 209 Å². The Balaban J connectivity index is 1.70. The molecular weight excluding hydrogens is 481 g/mol. The molecule has 0 spiro atoms. The minimum atomic E-state index is -0.658. The molecule has 8 heteroatoms. The van der Waals surface area contributed by atoms with E-state index in [2.05, 4.69) is 5.32 Å². The Morgan fingerprint density at radius 1 is 0.972 bits per heavy atom. The fourth-order valence-corrected chi connectivity index (χ4v) is 4.71. The van der Waals surface area contributed by atoms with Gasteiger partial charge in [-0.3, -0.25) is 14.9 Å². The normalized spacial score (nSPS) is 10.9. The minimum absolute atomic E-state index is 0.116. The van der Waals surface area contributed by atoms with Gasteiger partial charge in [0.15, 0.2) is 0 Å². The van der Waals surface area contributed by atoms with Crippen molar-refractivity contribution in [1.82, 2.24) is 0 Å². The summed E-state index contributed by atoms with van der Waals surface area (Å²) in [6.07, 6.45) is 0. The van der Waals surface area contributed by atoms with Crippen molar-refractivity contribution < 1.29 is 27.9 Å². The van der Waals surface area contributed by atoms with Crippen LogP contribution >= 0.6 is 11.3 Å². The molecule has 0 aliphatic heterocycles. The van der Waals surface area contributed by atoms with Crippen molar-refractivity contribution in [3.05, 3.63) is 89.6 Å². The number of halogens is 1. The highest BCUT2D eigenvalue weighted by Crippen LogP contribution is 2.46. The van der Waals surface area contributed by atoms with Crippen LogP contribution in [0.1, 0.15) is 17.3 Å². The van der Waals surface area contributed by atoms with E-state index in [1.807, 2.05) is 41.8 Å². The lowest BCUT2D eigenvalue weighted by Crippen LogP contribution is -2.13. The largest absolute Gasteiger partial charge is 0.497 e. The van der Waals surface area contributed by atoms with Gasteiger partial charge in [0.25, 0.3) is 5.91 Å². The summed E-state index contributed by atoms with van der Waals surface area (Å²) in [6, 6.07) is 20.4. The SMILES string of the molecule is COc1ccc(-c2cc(OC(C)=O)c3c(-c4cccs4)c(NC(=O)c4ccccc4F)oc3c2)cc1. The summed E-state index contributed by atoms with van der Waals surface area (Å²) in [5.41, 5.74) is 2.40. The lowest BCUT2D eigenvalue weighted by Gasteiger charge is -2.09. The van der Waals surface area contributed by atoms with Crippen molar-refractivity contribution in [3.63, 3.8) is 0 Å². The molecule has 2 aromatic heterocycles. The van der Waals surface area contributed by atoms with E-state index in [9.17, 15) is 14.0 Å². The molecule has 0 bridgehead atoms. The first-order chi connectivity index (χ1) is 17.4. The third-order valence-corrected chi connectivity index (χ3v) is 6.43. The lowest BCUT2D eigenvalue weighted by atomic mass is 10.0. The second kappa shape index (κ2) is 9.67. The third kappa shape index (κ3) is 4.46. The van der Waals surface area contributed by atoms with Crippen molar-refractivity contribution in [3.8, 4) is 33.1 Å². The Morgan fingerprint density at radius 2 is 1.75 bits per heavy atom. The number of rotatable bonds is 6. The molecule has 5 rings (SSSR count). The van der Waals surface area contributed by atoms with Gasteiger partial charge in [0.2, 0.25) is 5.88 Å². The van der Waals surface area contributed by atoms with Crippen LogP contribution in [0.5, 0.6) is 11.5 Å². The molecule has 0 saturated carbocycles. The molecule has 0 fully saturated rings. The van der Waals surface area contributed by atoms with Gasteiger partial charge in [-0.25, -0.2) is 4.39 Å². The van der Waals surface area contributed by atoms with Crippen molar-refractivity contribution in [2.24, 2.45) is 0 Å². The number of ether oxygens (including phenoxy) is 2. The number of amides is 1. The molecule has 1 N–H and O–H groups in total. The van der Waals surface area contributed by atoms with E-state index in [1.54, 1.807) is 25.3 Å². The van der Waals surface area contributed by atoms with Crippen LogP contribution in [0.4, 0.5) is 10.3 Å². The standard InChI is InChI=1S/C28H20FNO5S/c1-16(31)34-22-14-18(17-9-11-19(33-2)12-10-17)15-23-25(22)26(24-8-5-13-36-24)28(35-23)30-27(32)20-6-3-4-7-21(20)29/h3-15H,1-2H3,(H,30,32). The summed E-state index contributed by atoms with van der Waals surface area (Å²) in [6.45, 7) is 1.32. The van der Waals surface area contributed by atoms with Crippen molar-refractivity contribution in [2.45, 2.75) is 6.92 Å². The number of fused-ring (bicyclic) bond motifs is 1. The van der Waals surface area contributed by atoms with Gasteiger partial charge in [0.1, 0.15) is 22.9 Å². The highest BCUT2D eigenvalue weighted by atomic mass is 32.1. The number of thiophene rings is 1. The fourth-order valence-electron chi connectivity index (χ4n) is 3.94. The number of furan rings is 1. The zero-order valence-corrected chi connectivity index (χ0v) is 20.1. The predicted molar refractivity (Wildman–Crippen MR) is 137 cm³/mol. The fraction of sp³-hybridized carbons (Fsp3) is 0.0714. The molecule has 36 heavy (non-hydrogen) atoms. The van der Waals surface area contributed by atoms with Gasteiger partial charge < -0.3 is 13.9 Å². The molecule has 0 atom stereocenters. The van der Waals surface area contributed by atoms with E-state index < -0.39 is 17.7 Å². The van der Waals surface area contributed by atoms with Gasteiger partial charge in [-0.05, 0) is 59.0 Å². The molecule has 3 aromatic carbocycles. The van der Waals surface area contributed by atoms with E-state index in [4.69, 9.17) is 13.9 Å². The molecule has 6 nitrogen and oxygen atoms in total. The van der Waals surface area contributed by atoms with E-state index in [1.165, 1.54) is 36.5 Å². The van der Waals surface area contributed by atoms with Crippen molar-refractivity contribution in [1.29, 1.82) is 0 Å². The van der Waals surface area contributed by atoms with Crippen LogP contribution in [0, 0.1) is 5.82 Å². The smallest absolute Gasteiger partial charge is 0.308 e. The number of carbonyl (C=O) groups is 2. The summed E-state index contributed by atoms with van der Waals surface area (Å²) in [5, 5.41) is 5.11. The van der Waals surface area contributed by atoms with Crippen LogP contribution in [0.2, 0.25) is 0 Å². The predicted octanol–water partition coefficient (Wildman–Crippen LogP) is 7.15. The zero-order valence-electron chi connectivity index (χ0n) is 19.3. The zero-order chi connectivity index (χ0) is 25.2. The van der Waals surface area contributed by atoms with Crippen molar-refractivity contribution in [2.75, 3.05) is 12.4 Å². The number of methoxy groups -OCH3 is 1. The Hall–Kier alpha value is -4.43. The molecule has 5 aromatic rings. The maximum atomic E-state index is 14.3. The average Bonchev–Trinajstić information content (AvgIpc) is 3.51. The van der Waals surface area contributed by atoms with Crippen LogP contribution in [-0.4, -0.2) is 19.0 Å². The van der Waals surface area contributed by atoms with Crippen molar-refractivity contribution >= 4 is 40.1 Å². The molecule has 0 radical (unpaired) electrons. The summed E-state index contributed by atoms with van der Waals surface area (Å²) < 4.78 is 31.2. The van der Waals surface area contributed by atoms with E-state index in [-0.39, 0.29) is 17.2 Å². The molecule has 1 amide bonds. The number of anilines is 1. The number of nitrogens with one attached hydrogen (secondary N) is 1. The average molecular weight is 502 g/mol. The van der Waals surface area contributed by atoms with Crippen LogP contribution in [0.25, 0.3) is 32.5 Å². The number of carbonyl (C=O) groups excluding carboxylic acids is 2. The molecule has 0 saturated heterocycles. The maximum absolute atomic E-state index is 14.3. The van der Waals surface area contributed by atoms with E-state index >= 15 is 0 Å². The third-order valence-electron chi connectivity index (χ3n) is 5.55. The number of esters is 1. The summed E-state index contributed by atoms with van der Waals surface area (Å²) in [7, 11) is 1.59. The maximum Gasteiger partial charge on any atom is 0.308 e. The number of hydrogen-bond donors (Lipinski definition) is 1. The second-order valence-corrected chi connectivity index (χ2v) is 8.83. The van der Waals surface area contributed by atoms with Gasteiger partial charge >= 0.3 is 5.97 Å². The minimum Gasteiger partial charge on any atom is -0.497 e. The number of benzene rings is 3. The second-order valence-electron chi connectivity index (χ2n) is 7.89. The molecule has 0 aliphatic carbocycles. The first-order valence-electron chi connectivity index (χ1n) is 11.0. The Morgan fingerprint density at radius 3 is 2.42 bits per heavy atom. The van der Waals surface area contributed by atoms with Gasteiger partial charge in [-0.15, -0.1) is 11.3 Å². The van der Waals surface area contributed by atoms with Crippen LogP contribution in [-0.2, 0) is 4.79 Å². The van der Waals surface area contributed by atoms with Gasteiger partial charge in [-0.1, -0.05) is 30.3 Å². The van der Waals surface area contributed by atoms with Gasteiger partial charge in [0, 0.05) is 11.8 Å². The lowest BCUT2D eigenvalue weighted by molar-refractivity contribution is -0.131. The highest BCUT2D eigenvalue weighted by molar-refractivity contribution is 7.13. The van der Waals surface area contributed by atoms with Gasteiger partial charge in [0.05, 0.1) is 23.6 Å². The Kier molecular flexibility index (Phi) is 6.26. The topological polar surface area (TPSA) is 77.8 Å². The molecule has 0 unspecified atom stereocenters. The molecule has 0 aliphatic rings. The first kappa shape index (κ1) is 23.3. The summed E-state index contributed by atoms with van der Waals surface area (Å²) >= 11 is 1.43. The summed E-state index contributed by atoms with van der Waals surface area (Å²) in [5.74, 6) is -0.694. The summed E-state index contributed by atoms with van der Waals surface area (Å²) in [4.78, 5) is 25.7. The molecule has 2 heterocycles. The quantitative estimate of drug-likeness (QED) is 0.197. The Bertz CT molecular complexity index is 1570. The van der Waals surface area contributed by atoms with Crippen LogP contribution in [0.15, 0.2) is 82.6 Å². The monoisotopic (exact) mass is 501 g/mol. The molecule has 180 valence electrons. The van der Waals surface area contributed by atoms with E-state index in [0.717, 1.165) is 16.0 Å².